The maximum atomic E-state index is 12.2. The van der Waals surface area contributed by atoms with E-state index < -0.39 is 0 Å². The van der Waals surface area contributed by atoms with Crippen molar-refractivity contribution in [2.45, 2.75) is 50.7 Å². The Morgan fingerprint density at radius 1 is 1.21 bits per heavy atom. The first-order valence-electron chi connectivity index (χ1n) is 8.56. The number of rotatable bonds is 7. The van der Waals surface area contributed by atoms with Crippen molar-refractivity contribution in [3.8, 4) is 0 Å². The van der Waals surface area contributed by atoms with Gasteiger partial charge in [-0.25, -0.2) is 0 Å². The zero-order chi connectivity index (χ0) is 17.4. The van der Waals surface area contributed by atoms with Crippen molar-refractivity contribution in [1.82, 2.24) is 5.32 Å². The molecule has 1 aromatic carbocycles. The van der Waals surface area contributed by atoms with Gasteiger partial charge in [-0.3, -0.25) is 9.59 Å². The number of hydrogen-bond acceptors (Lipinski definition) is 4. The van der Waals surface area contributed by atoms with E-state index in [4.69, 9.17) is 10.5 Å². The Labute approximate surface area is 143 Å². The second-order valence-electron chi connectivity index (χ2n) is 6.23. The fraction of sp³-hybridized carbons (Fsp3) is 0.556. The number of ether oxygens (including phenoxy) is 1. The molecule has 0 saturated heterocycles. The van der Waals surface area contributed by atoms with E-state index in [9.17, 15) is 9.59 Å². The first-order chi connectivity index (χ1) is 11.6. The van der Waals surface area contributed by atoms with Gasteiger partial charge in [0, 0.05) is 30.9 Å². The van der Waals surface area contributed by atoms with E-state index in [2.05, 4.69) is 10.6 Å². The molecule has 132 valence electrons. The number of anilines is 1. The number of nitrogens with two attached hydrogens (primary N) is 1. The van der Waals surface area contributed by atoms with Crippen LogP contribution in [-0.2, 0) is 9.53 Å². The van der Waals surface area contributed by atoms with Crippen LogP contribution >= 0.6 is 0 Å². The SMILES string of the molecule is COC(CN)CC(=O)Nc1ccc(C(=O)NC2CCCCC2)cc1. The molecule has 2 rings (SSSR count). The zero-order valence-corrected chi connectivity index (χ0v) is 14.2. The Morgan fingerprint density at radius 2 is 1.88 bits per heavy atom. The highest BCUT2D eigenvalue weighted by molar-refractivity contribution is 5.96. The lowest BCUT2D eigenvalue weighted by Crippen LogP contribution is -2.36. The summed E-state index contributed by atoms with van der Waals surface area (Å²) >= 11 is 0. The molecule has 6 heteroatoms. The van der Waals surface area contributed by atoms with Gasteiger partial charge in [0.05, 0.1) is 12.5 Å². The first kappa shape index (κ1) is 18.4. The Kier molecular flexibility index (Phi) is 7.21. The molecule has 0 aliphatic heterocycles. The summed E-state index contributed by atoms with van der Waals surface area (Å²) in [6, 6.07) is 7.21. The molecule has 24 heavy (non-hydrogen) atoms. The predicted molar refractivity (Wildman–Crippen MR) is 93.9 cm³/mol. The van der Waals surface area contributed by atoms with Gasteiger partial charge in [-0.1, -0.05) is 19.3 Å². The van der Waals surface area contributed by atoms with E-state index in [-0.39, 0.29) is 30.4 Å². The van der Waals surface area contributed by atoms with Gasteiger partial charge in [0.1, 0.15) is 0 Å². The lowest BCUT2D eigenvalue weighted by atomic mass is 9.95. The van der Waals surface area contributed by atoms with Crippen molar-refractivity contribution in [3.05, 3.63) is 29.8 Å². The number of methoxy groups -OCH3 is 1. The second-order valence-corrected chi connectivity index (χ2v) is 6.23. The summed E-state index contributed by atoms with van der Waals surface area (Å²) in [6.07, 6.45) is 5.66. The molecule has 1 aliphatic carbocycles. The van der Waals surface area contributed by atoms with Crippen LogP contribution in [0, 0.1) is 0 Å². The van der Waals surface area contributed by atoms with Crippen LogP contribution in [-0.4, -0.2) is 37.6 Å². The molecule has 0 bridgehead atoms. The third-order valence-electron chi connectivity index (χ3n) is 4.38. The summed E-state index contributed by atoms with van der Waals surface area (Å²) < 4.78 is 5.09. The van der Waals surface area contributed by atoms with E-state index in [1.165, 1.54) is 26.4 Å². The predicted octanol–water partition coefficient (Wildman–Crippen LogP) is 2.05. The van der Waals surface area contributed by atoms with Crippen LogP contribution < -0.4 is 16.4 Å². The zero-order valence-electron chi connectivity index (χ0n) is 14.2. The summed E-state index contributed by atoms with van der Waals surface area (Å²) in [5.41, 5.74) is 6.77. The van der Waals surface area contributed by atoms with Crippen molar-refractivity contribution in [2.24, 2.45) is 5.73 Å². The summed E-state index contributed by atoms with van der Waals surface area (Å²) in [5.74, 6) is -0.214. The topological polar surface area (TPSA) is 93.4 Å². The summed E-state index contributed by atoms with van der Waals surface area (Å²) in [5, 5.41) is 5.86. The molecular weight excluding hydrogens is 306 g/mol. The minimum absolute atomic E-state index is 0.0534. The van der Waals surface area contributed by atoms with Gasteiger partial charge in [0.2, 0.25) is 5.91 Å². The van der Waals surface area contributed by atoms with Gasteiger partial charge in [-0.05, 0) is 37.1 Å². The Balaban J connectivity index is 1.85. The van der Waals surface area contributed by atoms with Crippen molar-refractivity contribution < 1.29 is 14.3 Å². The summed E-state index contributed by atoms with van der Waals surface area (Å²) in [6.45, 7) is 0.296. The monoisotopic (exact) mass is 333 g/mol. The van der Waals surface area contributed by atoms with Crippen LogP contribution in [0.1, 0.15) is 48.9 Å². The smallest absolute Gasteiger partial charge is 0.251 e. The van der Waals surface area contributed by atoms with Crippen molar-refractivity contribution in [3.63, 3.8) is 0 Å². The van der Waals surface area contributed by atoms with Crippen molar-refractivity contribution in [2.75, 3.05) is 19.0 Å². The van der Waals surface area contributed by atoms with Crippen LogP contribution in [0.15, 0.2) is 24.3 Å². The number of benzene rings is 1. The molecule has 1 fully saturated rings. The normalized spacial score (nSPS) is 16.4. The molecule has 2 amide bonds. The highest BCUT2D eigenvalue weighted by Gasteiger charge is 2.17. The Bertz CT molecular complexity index is 535. The maximum Gasteiger partial charge on any atom is 0.251 e. The van der Waals surface area contributed by atoms with Crippen LogP contribution in [0.3, 0.4) is 0 Å². The molecule has 0 heterocycles. The van der Waals surface area contributed by atoms with Gasteiger partial charge in [-0.15, -0.1) is 0 Å². The summed E-state index contributed by atoms with van der Waals surface area (Å²) in [7, 11) is 1.53. The van der Waals surface area contributed by atoms with E-state index in [0.717, 1.165) is 12.8 Å². The lowest BCUT2D eigenvalue weighted by Gasteiger charge is -2.22. The second kappa shape index (κ2) is 9.39. The minimum atomic E-state index is -0.287. The van der Waals surface area contributed by atoms with Crippen LogP contribution in [0.25, 0.3) is 0 Å². The number of amides is 2. The maximum absolute atomic E-state index is 12.2. The van der Waals surface area contributed by atoms with E-state index in [1.54, 1.807) is 24.3 Å². The van der Waals surface area contributed by atoms with E-state index in [1.807, 2.05) is 0 Å². The third-order valence-corrected chi connectivity index (χ3v) is 4.38. The molecular formula is C18H27N3O3. The minimum Gasteiger partial charge on any atom is -0.380 e. The number of hydrogen-bond donors (Lipinski definition) is 3. The van der Waals surface area contributed by atoms with Gasteiger partial charge < -0.3 is 21.1 Å². The van der Waals surface area contributed by atoms with E-state index in [0.29, 0.717) is 17.8 Å². The van der Waals surface area contributed by atoms with Crippen molar-refractivity contribution in [1.29, 1.82) is 0 Å². The molecule has 1 saturated carbocycles. The van der Waals surface area contributed by atoms with Gasteiger partial charge in [0.25, 0.3) is 5.91 Å². The van der Waals surface area contributed by atoms with Gasteiger partial charge in [0.15, 0.2) is 0 Å². The number of carbonyl (C=O) groups excluding carboxylic acids is 2. The van der Waals surface area contributed by atoms with E-state index >= 15 is 0 Å². The molecule has 1 unspecified atom stereocenters. The van der Waals surface area contributed by atoms with Crippen LogP contribution in [0.2, 0.25) is 0 Å². The quantitative estimate of drug-likeness (QED) is 0.712. The highest BCUT2D eigenvalue weighted by Crippen LogP contribution is 2.18. The largest absolute Gasteiger partial charge is 0.380 e. The molecule has 0 spiro atoms. The third kappa shape index (κ3) is 5.62. The average molecular weight is 333 g/mol. The molecule has 1 atom stereocenters. The van der Waals surface area contributed by atoms with Gasteiger partial charge in [-0.2, -0.15) is 0 Å². The van der Waals surface area contributed by atoms with Gasteiger partial charge >= 0.3 is 0 Å². The molecule has 1 aromatic rings. The Morgan fingerprint density at radius 3 is 2.46 bits per heavy atom. The van der Waals surface area contributed by atoms with Crippen molar-refractivity contribution >= 4 is 17.5 Å². The molecule has 1 aliphatic rings. The molecule has 6 nitrogen and oxygen atoms in total. The summed E-state index contributed by atoms with van der Waals surface area (Å²) in [4.78, 5) is 24.1. The van der Waals surface area contributed by atoms with Crippen LogP contribution in [0.4, 0.5) is 5.69 Å². The molecule has 4 N–H and O–H groups in total. The first-order valence-corrected chi connectivity index (χ1v) is 8.56. The number of carbonyl (C=O) groups is 2. The highest BCUT2D eigenvalue weighted by atomic mass is 16.5. The number of nitrogens with one attached hydrogen (secondary N) is 2. The average Bonchev–Trinajstić information content (AvgIpc) is 2.61. The fourth-order valence-corrected chi connectivity index (χ4v) is 2.90. The van der Waals surface area contributed by atoms with Crippen LogP contribution in [0.5, 0.6) is 0 Å². The lowest BCUT2D eigenvalue weighted by molar-refractivity contribution is -0.118. The molecule has 0 radical (unpaired) electrons. The fourth-order valence-electron chi connectivity index (χ4n) is 2.90. The Hall–Kier alpha value is -1.92. The molecule has 0 aromatic heterocycles. The standard InChI is InChI=1S/C18H27N3O3/c1-24-16(12-19)11-17(22)20-15-9-7-13(8-10-15)18(23)21-14-5-3-2-4-6-14/h7-10,14,16H,2-6,11-12,19H2,1H3,(H,20,22)(H,21,23).